The molecule has 3 rings (SSSR count). The molecule has 8 heteroatoms. The number of carbonyl (C=O) groups is 1. The maximum Gasteiger partial charge on any atom is 0.320 e. The van der Waals surface area contributed by atoms with Gasteiger partial charge in [-0.1, -0.05) is 18.2 Å². The fourth-order valence-corrected chi connectivity index (χ4v) is 2.15. The highest BCUT2D eigenvalue weighted by Crippen LogP contribution is 2.20. The van der Waals surface area contributed by atoms with Crippen LogP contribution in [-0.2, 0) is 7.05 Å². The summed E-state index contributed by atoms with van der Waals surface area (Å²) in [6, 6.07) is 9.20. The Kier molecular flexibility index (Phi) is 3.26. The van der Waals surface area contributed by atoms with Gasteiger partial charge < -0.3 is 5.32 Å². The van der Waals surface area contributed by atoms with Crippen molar-refractivity contribution in [3.05, 3.63) is 58.5 Å². The maximum absolute atomic E-state index is 12.3. The third-order valence-corrected chi connectivity index (χ3v) is 3.18. The van der Waals surface area contributed by atoms with Crippen LogP contribution in [0.15, 0.2) is 42.7 Å². The number of aryl methyl sites for hydroxylation is 1. The molecule has 0 spiro atoms. The van der Waals surface area contributed by atoms with E-state index in [-0.39, 0.29) is 11.4 Å². The molecule has 1 N–H and O–H groups in total. The lowest BCUT2D eigenvalue weighted by molar-refractivity contribution is -0.385. The van der Waals surface area contributed by atoms with E-state index in [2.05, 4.69) is 15.4 Å². The first-order chi connectivity index (χ1) is 10.6. The number of para-hydroxylation sites is 1. The standard InChI is InChI=1S/C14H11N5O3/c1-18-13(12(8-16-18)19(21)22)14(20)17-10-6-9-4-2-3-5-11(9)15-7-10/h2-8H,1H3,(H,17,20). The number of carbonyl (C=O) groups excluding carboxylic acids is 1. The minimum Gasteiger partial charge on any atom is -0.319 e. The topological polar surface area (TPSA) is 103 Å². The quantitative estimate of drug-likeness (QED) is 0.589. The molecule has 0 unspecified atom stereocenters. The van der Waals surface area contributed by atoms with Crippen molar-refractivity contribution in [1.29, 1.82) is 0 Å². The summed E-state index contributed by atoms with van der Waals surface area (Å²) in [5, 5.41) is 18.1. The Hall–Kier alpha value is -3.29. The average Bonchev–Trinajstić information content (AvgIpc) is 2.89. The van der Waals surface area contributed by atoms with Gasteiger partial charge in [0.2, 0.25) is 5.69 Å². The van der Waals surface area contributed by atoms with Gasteiger partial charge >= 0.3 is 5.69 Å². The number of fused-ring (bicyclic) bond motifs is 1. The molecule has 22 heavy (non-hydrogen) atoms. The fourth-order valence-electron chi connectivity index (χ4n) is 2.15. The van der Waals surface area contributed by atoms with Crippen LogP contribution in [-0.4, -0.2) is 25.6 Å². The molecule has 0 aliphatic heterocycles. The molecule has 110 valence electrons. The van der Waals surface area contributed by atoms with Gasteiger partial charge in [-0.05, 0) is 12.1 Å². The van der Waals surface area contributed by atoms with Crippen LogP contribution in [0.1, 0.15) is 10.5 Å². The molecule has 1 aromatic carbocycles. The number of amides is 1. The number of pyridine rings is 1. The predicted molar refractivity (Wildman–Crippen MR) is 79.6 cm³/mol. The molecule has 0 aliphatic carbocycles. The predicted octanol–water partition coefficient (Wildman–Crippen LogP) is 2.13. The van der Waals surface area contributed by atoms with Gasteiger partial charge in [0.05, 0.1) is 22.3 Å². The summed E-state index contributed by atoms with van der Waals surface area (Å²) in [7, 11) is 1.47. The van der Waals surface area contributed by atoms with E-state index in [9.17, 15) is 14.9 Å². The highest BCUT2D eigenvalue weighted by Gasteiger charge is 2.25. The zero-order valence-corrected chi connectivity index (χ0v) is 11.6. The first kappa shape index (κ1) is 13.7. The normalized spacial score (nSPS) is 10.6. The zero-order chi connectivity index (χ0) is 15.7. The number of anilines is 1. The molecule has 3 aromatic rings. The first-order valence-electron chi connectivity index (χ1n) is 6.39. The number of hydrogen-bond donors (Lipinski definition) is 1. The van der Waals surface area contributed by atoms with Crippen molar-refractivity contribution in [2.45, 2.75) is 0 Å². The van der Waals surface area contributed by atoms with Gasteiger partial charge in [-0.2, -0.15) is 5.10 Å². The number of benzene rings is 1. The second-order valence-electron chi connectivity index (χ2n) is 4.63. The summed E-state index contributed by atoms with van der Waals surface area (Å²) in [5.41, 5.74) is 0.804. The second-order valence-corrected chi connectivity index (χ2v) is 4.63. The lowest BCUT2D eigenvalue weighted by Crippen LogP contribution is -2.17. The van der Waals surface area contributed by atoms with E-state index >= 15 is 0 Å². The van der Waals surface area contributed by atoms with Gasteiger partial charge in [-0.25, -0.2) is 0 Å². The molecule has 2 aromatic heterocycles. The van der Waals surface area contributed by atoms with Crippen molar-refractivity contribution < 1.29 is 9.72 Å². The second kappa shape index (κ2) is 5.24. The van der Waals surface area contributed by atoms with Crippen molar-refractivity contribution in [3.63, 3.8) is 0 Å². The molecule has 0 fully saturated rings. The van der Waals surface area contributed by atoms with Gasteiger partial charge in [0, 0.05) is 12.4 Å². The highest BCUT2D eigenvalue weighted by molar-refractivity contribution is 6.06. The maximum atomic E-state index is 12.3. The number of nitro groups is 1. The van der Waals surface area contributed by atoms with Crippen molar-refractivity contribution in [2.24, 2.45) is 7.05 Å². The van der Waals surface area contributed by atoms with E-state index in [1.54, 1.807) is 6.07 Å². The average molecular weight is 297 g/mol. The van der Waals surface area contributed by atoms with Crippen LogP contribution >= 0.6 is 0 Å². The molecule has 1 amide bonds. The van der Waals surface area contributed by atoms with E-state index in [1.807, 2.05) is 24.3 Å². The smallest absolute Gasteiger partial charge is 0.319 e. The molecular weight excluding hydrogens is 286 g/mol. The van der Waals surface area contributed by atoms with Crippen LogP contribution in [0.25, 0.3) is 10.9 Å². The molecule has 8 nitrogen and oxygen atoms in total. The van der Waals surface area contributed by atoms with Gasteiger partial charge in [-0.15, -0.1) is 0 Å². The van der Waals surface area contributed by atoms with Crippen LogP contribution in [0.3, 0.4) is 0 Å². The number of nitrogens with one attached hydrogen (secondary N) is 1. The van der Waals surface area contributed by atoms with Crippen molar-refractivity contribution in [3.8, 4) is 0 Å². The van der Waals surface area contributed by atoms with Gasteiger partial charge in [0.1, 0.15) is 6.20 Å². The minimum absolute atomic E-state index is 0.113. The molecule has 2 heterocycles. The Morgan fingerprint density at radius 3 is 2.86 bits per heavy atom. The highest BCUT2D eigenvalue weighted by atomic mass is 16.6. The van der Waals surface area contributed by atoms with Crippen LogP contribution < -0.4 is 5.32 Å². The summed E-state index contributed by atoms with van der Waals surface area (Å²) in [4.78, 5) is 26.8. The monoisotopic (exact) mass is 297 g/mol. The Labute approximate surface area is 124 Å². The van der Waals surface area contributed by atoms with Crippen LogP contribution in [0.5, 0.6) is 0 Å². The number of hydrogen-bond acceptors (Lipinski definition) is 5. The molecule has 0 radical (unpaired) electrons. The fraction of sp³-hybridized carbons (Fsp3) is 0.0714. The Bertz CT molecular complexity index is 887. The summed E-state index contributed by atoms with van der Waals surface area (Å²) in [5.74, 6) is -0.608. The van der Waals surface area contributed by atoms with Gasteiger partial charge in [-0.3, -0.25) is 24.6 Å². The number of aromatic nitrogens is 3. The summed E-state index contributed by atoms with van der Waals surface area (Å²) in [6.45, 7) is 0. The Morgan fingerprint density at radius 1 is 1.32 bits per heavy atom. The van der Waals surface area contributed by atoms with E-state index < -0.39 is 10.8 Å². The number of nitrogens with zero attached hydrogens (tertiary/aromatic N) is 4. The lowest BCUT2D eigenvalue weighted by atomic mass is 10.2. The third-order valence-electron chi connectivity index (χ3n) is 3.18. The molecule has 0 aliphatic rings. The zero-order valence-electron chi connectivity index (χ0n) is 11.6. The molecule has 0 saturated carbocycles. The largest absolute Gasteiger partial charge is 0.320 e. The SMILES string of the molecule is Cn1ncc([N+](=O)[O-])c1C(=O)Nc1cnc2ccccc2c1. The Balaban J connectivity index is 1.93. The van der Waals surface area contributed by atoms with Gasteiger partial charge in [0.25, 0.3) is 5.91 Å². The molecular formula is C14H11N5O3. The summed E-state index contributed by atoms with van der Waals surface area (Å²) < 4.78 is 1.17. The Morgan fingerprint density at radius 2 is 2.09 bits per heavy atom. The van der Waals surface area contributed by atoms with Crippen molar-refractivity contribution >= 4 is 28.2 Å². The van der Waals surface area contributed by atoms with Crippen LogP contribution in [0.2, 0.25) is 0 Å². The van der Waals surface area contributed by atoms with Crippen LogP contribution in [0, 0.1) is 10.1 Å². The van der Waals surface area contributed by atoms with Crippen LogP contribution in [0.4, 0.5) is 11.4 Å². The summed E-state index contributed by atoms with van der Waals surface area (Å²) in [6.07, 6.45) is 2.55. The van der Waals surface area contributed by atoms with E-state index in [1.165, 1.54) is 17.9 Å². The minimum atomic E-state index is -0.638. The molecule has 0 saturated heterocycles. The third kappa shape index (κ3) is 2.37. The summed E-state index contributed by atoms with van der Waals surface area (Å²) >= 11 is 0. The number of rotatable bonds is 3. The van der Waals surface area contributed by atoms with Gasteiger partial charge in [0.15, 0.2) is 0 Å². The van der Waals surface area contributed by atoms with E-state index in [0.29, 0.717) is 5.69 Å². The molecule has 0 atom stereocenters. The van der Waals surface area contributed by atoms with Crippen molar-refractivity contribution in [1.82, 2.24) is 14.8 Å². The molecule has 0 bridgehead atoms. The van der Waals surface area contributed by atoms with E-state index in [4.69, 9.17) is 0 Å². The lowest BCUT2D eigenvalue weighted by Gasteiger charge is -2.06. The first-order valence-corrected chi connectivity index (χ1v) is 6.39. The van der Waals surface area contributed by atoms with Crippen molar-refractivity contribution in [2.75, 3.05) is 5.32 Å². The van der Waals surface area contributed by atoms with E-state index in [0.717, 1.165) is 17.1 Å².